The molecule has 0 unspecified atom stereocenters. The minimum absolute atomic E-state index is 0.391. The number of carboxylic acid groups (broad SMARTS) is 1. The Morgan fingerprint density at radius 1 is 1.43 bits per heavy atom. The molecule has 1 aromatic carbocycles. The number of fused-ring (bicyclic) bond motifs is 1. The first-order chi connectivity index (χ1) is 9.99. The molecule has 0 radical (unpaired) electrons. The molecule has 112 valence electrons. The highest BCUT2D eigenvalue weighted by Gasteiger charge is 2.19. The maximum atomic E-state index is 11.8. The largest absolute Gasteiger partial charge is 0.480 e. The van der Waals surface area contributed by atoms with E-state index in [9.17, 15) is 9.59 Å². The highest BCUT2D eigenvalue weighted by molar-refractivity contribution is 7.22. The summed E-state index contributed by atoms with van der Waals surface area (Å²) in [5.74, 6) is -1.04. The van der Waals surface area contributed by atoms with Gasteiger partial charge >= 0.3 is 12.0 Å². The third kappa shape index (κ3) is 3.91. The Balaban J connectivity index is 2.05. The summed E-state index contributed by atoms with van der Waals surface area (Å²) in [5, 5.41) is 14.5. The smallest absolute Gasteiger partial charge is 0.326 e. The Morgan fingerprint density at radius 2 is 2.19 bits per heavy atom. The van der Waals surface area contributed by atoms with E-state index in [1.165, 1.54) is 11.3 Å². The van der Waals surface area contributed by atoms with Crippen LogP contribution < -0.4 is 10.6 Å². The third-order valence-electron chi connectivity index (χ3n) is 2.95. The van der Waals surface area contributed by atoms with Crippen LogP contribution >= 0.6 is 11.3 Å². The minimum Gasteiger partial charge on any atom is -0.480 e. The molecule has 2 amide bonds. The van der Waals surface area contributed by atoms with Crippen molar-refractivity contribution in [1.82, 2.24) is 10.3 Å². The summed E-state index contributed by atoms with van der Waals surface area (Å²) in [4.78, 5) is 27.1. The molecule has 3 N–H and O–H groups in total. The number of carboxylic acids is 1. The van der Waals surface area contributed by atoms with Gasteiger partial charge in [0.25, 0.3) is 0 Å². The first kappa shape index (κ1) is 15.2. The standard InChI is InChI=1S/C14H17N3O3S/c1-3-4-10(12(18)19)15-13(20)17-14-16-9-6-5-8(2)7-11(9)21-14/h5-7,10H,3-4H2,1-2H3,(H,18,19)(H2,15,16,17,20)/t10-/m0/s1. The maximum absolute atomic E-state index is 11.8. The number of aromatic nitrogens is 1. The number of carbonyl (C=O) groups is 2. The molecule has 0 bridgehead atoms. The van der Waals surface area contributed by atoms with E-state index in [0.717, 1.165) is 15.8 Å². The molecule has 2 aromatic rings. The van der Waals surface area contributed by atoms with Gasteiger partial charge in [-0.2, -0.15) is 0 Å². The number of thiazole rings is 1. The van der Waals surface area contributed by atoms with Gasteiger partial charge in [-0.05, 0) is 31.0 Å². The van der Waals surface area contributed by atoms with Gasteiger partial charge in [0, 0.05) is 0 Å². The molecule has 7 heteroatoms. The van der Waals surface area contributed by atoms with Crippen molar-refractivity contribution in [1.29, 1.82) is 0 Å². The van der Waals surface area contributed by atoms with E-state index in [4.69, 9.17) is 5.11 Å². The van der Waals surface area contributed by atoms with Crippen LogP contribution in [0.15, 0.2) is 18.2 Å². The Morgan fingerprint density at radius 3 is 2.86 bits per heavy atom. The number of aryl methyl sites for hydroxylation is 1. The lowest BCUT2D eigenvalue weighted by Gasteiger charge is -2.13. The molecule has 2 rings (SSSR count). The SMILES string of the molecule is CCC[C@H](NC(=O)Nc1nc2ccc(C)cc2s1)C(=O)O. The molecule has 0 saturated heterocycles. The molecular weight excluding hydrogens is 290 g/mol. The van der Waals surface area contributed by atoms with Crippen molar-refractivity contribution >= 4 is 38.7 Å². The Kier molecular flexibility index (Phi) is 4.74. The van der Waals surface area contributed by atoms with Crippen molar-refractivity contribution in [3.63, 3.8) is 0 Å². The Bertz CT molecular complexity index is 669. The van der Waals surface area contributed by atoms with Gasteiger partial charge in [-0.25, -0.2) is 14.6 Å². The summed E-state index contributed by atoms with van der Waals surface area (Å²) in [5.41, 5.74) is 1.93. The molecule has 0 saturated carbocycles. The summed E-state index contributed by atoms with van der Waals surface area (Å²) in [6.07, 6.45) is 1.07. The number of urea groups is 1. The number of aliphatic carboxylic acids is 1. The summed E-state index contributed by atoms with van der Waals surface area (Å²) in [7, 11) is 0. The van der Waals surface area contributed by atoms with Crippen LogP contribution in [0.4, 0.5) is 9.93 Å². The Hall–Kier alpha value is -2.15. The van der Waals surface area contributed by atoms with Crippen LogP contribution in [0.5, 0.6) is 0 Å². The first-order valence-electron chi connectivity index (χ1n) is 6.67. The third-order valence-corrected chi connectivity index (χ3v) is 3.88. The van der Waals surface area contributed by atoms with Gasteiger partial charge in [0.2, 0.25) is 0 Å². The summed E-state index contributed by atoms with van der Waals surface area (Å²) in [6, 6.07) is 4.40. The summed E-state index contributed by atoms with van der Waals surface area (Å²) < 4.78 is 0.980. The van der Waals surface area contributed by atoms with Crippen LogP contribution in [0.1, 0.15) is 25.3 Å². The maximum Gasteiger partial charge on any atom is 0.326 e. The molecular formula is C14H17N3O3S. The molecule has 0 aliphatic rings. The highest BCUT2D eigenvalue weighted by atomic mass is 32.1. The van der Waals surface area contributed by atoms with Crippen LogP contribution in [0.2, 0.25) is 0 Å². The quantitative estimate of drug-likeness (QED) is 0.792. The van der Waals surface area contributed by atoms with Crippen molar-refractivity contribution in [2.24, 2.45) is 0 Å². The predicted molar refractivity (Wildman–Crippen MR) is 82.8 cm³/mol. The number of carbonyl (C=O) groups excluding carboxylic acids is 1. The highest BCUT2D eigenvalue weighted by Crippen LogP contribution is 2.26. The van der Waals surface area contributed by atoms with E-state index < -0.39 is 18.0 Å². The van der Waals surface area contributed by atoms with E-state index in [1.807, 2.05) is 32.0 Å². The number of nitrogens with zero attached hydrogens (tertiary/aromatic N) is 1. The summed E-state index contributed by atoms with van der Waals surface area (Å²) >= 11 is 1.36. The second kappa shape index (κ2) is 6.53. The number of hydrogen-bond donors (Lipinski definition) is 3. The van der Waals surface area contributed by atoms with E-state index in [2.05, 4.69) is 15.6 Å². The van der Waals surface area contributed by atoms with Crippen LogP contribution in [-0.4, -0.2) is 28.1 Å². The van der Waals surface area contributed by atoms with Crippen LogP contribution in [0.25, 0.3) is 10.2 Å². The molecule has 0 spiro atoms. The van der Waals surface area contributed by atoms with E-state index >= 15 is 0 Å². The van der Waals surface area contributed by atoms with E-state index in [1.54, 1.807) is 0 Å². The van der Waals surface area contributed by atoms with Crippen LogP contribution in [0, 0.1) is 6.92 Å². The van der Waals surface area contributed by atoms with Gasteiger partial charge in [0.15, 0.2) is 5.13 Å². The van der Waals surface area contributed by atoms with E-state index in [-0.39, 0.29) is 0 Å². The summed E-state index contributed by atoms with van der Waals surface area (Å²) in [6.45, 7) is 3.85. The van der Waals surface area contributed by atoms with Gasteiger partial charge in [-0.3, -0.25) is 5.32 Å². The number of anilines is 1. The van der Waals surface area contributed by atoms with Crippen molar-refractivity contribution in [2.75, 3.05) is 5.32 Å². The molecule has 1 atom stereocenters. The van der Waals surface area contributed by atoms with Crippen LogP contribution in [0.3, 0.4) is 0 Å². The zero-order chi connectivity index (χ0) is 15.4. The van der Waals surface area contributed by atoms with Crippen molar-refractivity contribution < 1.29 is 14.7 Å². The lowest BCUT2D eigenvalue weighted by atomic mass is 10.2. The van der Waals surface area contributed by atoms with Gasteiger partial charge in [-0.15, -0.1) is 0 Å². The fraction of sp³-hybridized carbons (Fsp3) is 0.357. The average Bonchev–Trinajstić information content (AvgIpc) is 2.79. The van der Waals surface area contributed by atoms with Gasteiger partial charge in [-0.1, -0.05) is 30.7 Å². The Labute approximate surface area is 126 Å². The number of rotatable bonds is 5. The number of amides is 2. The van der Waals surface area contributed by atoms with Crippen molar-refractivity contribution in [2.45, 2.75) is 32.7 Å². The molecule has 21 heavy (non-hydrogen) atoms. The first-order valence-corrected chi connectivity index (χ1v) is 7.48. The predicted octanol–water partition coefficient (Wildman–Crippen LogP) is 2.98. The monoisotopic (exact) mass is 307 g/mol. The van der Waals surface area contributed by atoms with Gasteiger partial charge in [0.1, 0.15) is 6.04 Å². The molecule has 0 aliphatic heterocycles. The zero-order valence-electron chi connectivity index (χ0n) is 11.8. The van der Waals surface area contributed by atoms with Crippen molar-refractivity contribution in [3.05, 3.63) is 23.8 Å². The number of nitrogens with one attached hydrogen (secondary N) is 2. The lowest BCUT2D eigenvalue weighted by Crippen LogP contribution is -2.42. The zero-order valence-corrected chi connectivity index (χ0v) is 12.7. The fourth-order valence-corrected chi connectivity index (χ4v) is 2.88. The normalized spacial score (nSPS) is 12.1. The second-order valence-corrected chi connectivity index (χ2v) is 5.80. The second-order valence-electron chi connectivity index (χ2n) is 4.77. The van der Waals surface area contributed by atoms with Gasteiger partial charge in [0.05, 0.1) is 10.2 Å². The minimum atomic E-state index is -1.04. The molecule has 6 nitrogen and oxygen atoms in total. The van der Waals surface area contributed by atoms with Crippen LogP contribution in [-0.2, 0) is 4.79 Å². The average molecular weight is 307 g/mol. The molecule has 0 aliphatic carbocycles. The molecule has 1 heterocycles. The van der Waals surface area contributed by atoms with E-state index in [0.29, 0.717) is 18.0 Å². The fourth-order valence-electron chi connectivity index (χ4n) is 1.92. The molecule has 1 aromatic heterocycles. The number of hydrogen-bond acceptors (Lipinski definition) is 4. The number of benzene rings is 1. The molecule has 0 fully saturated rings. The van der Waals surface area contributed by atoms with Gasteiger partial charge < -0.3 is 10.4 Å². The topological polar surface area (TPSA) is 91.3 Å². The van der Waals surface area contributed by atoms with Crippen molar-refractivity contribution in [3.8, 4) is 0 Å². The lowest BCUT2D eigenvalue weighted by molar-refractivity contribution is -0.139.